The topological polar surface area (TPSA) is 119 Å². The van der Waals surface area contributed by atoms with Crippen LogP contribution < -0.4 is 11.1 Å². The average Bonchev–Trinajstić information content (AvgIpc) is 3.41. The van der Waals surface area contributed by atoms with Gasteiger partial charge >= 0.3 is 0 Å². The monoisotopic (exact) mass is 593 g/mol. The van der Waals surface area contributed by atoms with E-state index in [1.54, 1.807) is 40.8 Å². The summed E-state index contributed by atoms with van der Waals surface area (Å²) in [7, 11) is 0. The van der Waals surface area contributed by atoms with E-state index in [0.717, 1.165) is 12.8 Å². The Bertz CT molecular complexity index is 1660. The Labute approximate surface area is 246 Å². The second-order valence-electron chi connectivity index (χ2n) is 10.2. The minimum Gasteiger partial charge on any atom is -0.383 e. The van der Waals surface area contributed by atoms with Gasteiger partial charge in [0.25, 0.3) is 11.8 Å². The normalized spacial score (nSPS) is 15.5. The van der Waals surface area contributed by atoms with Crippen LogP contribution in [0.3, 0.4) is 0 Å². The molecular formula is C30H30ClF2N7O2. The average molecular weight is 594 g/mol. The van der Waals surface area contributed by atoms with Crippen molar-refractivity contribution in [3.8, 4) is 11.3 Å². The number of rotatable bonds is 8. The van der Waals surface area contributed by atoms with Gasteiger partial charge in [-0.15, -0.1) is 0 Å². The van der Waals surface area contributed by atoms with Crippen LogP contribution in [-0.2, 0) is 10.7 Å². The molecule has 0 radical (unpaired) electrons. The van der Waals surface area contributed by atoms with Crippen molar-refractivity contribution in [3.63, 3.8) is 0 Å². The lowest BCUT2D eigenvalue weighted by Gasteiger charge is -2.32. The molecule has 3 aromatic heterocycles. The fourth-order valence-electron chi connectivity index (χ4n) is 5.26. The Hall–Kier alpha value is -4.38. The van der Waals surface area contributed by atoms with Crippen LogP contribution in [0.15, 0.2) is 61.4 Å². The van der Waals surface area contributed by atoms with E-state index in [4.69, 9.17) is 22.4 Å². The van der Waals surface area contributed by atoms with E-state index in [2.05, 4.69) is 21.9 Å². The number of amides is 2. The molecule has 0 spiro atoms. The Morgan fingerprint density at radius 1 is 1.24 bits per heavy atom. The number of carbonyl (C=O) groups is 2. The molecular weight excluding hydrogens is 564 g/mol. The molecule has 0 bridgehead atoms. The first-order valence-corrected chi connectivity index (χ1v) is 14.0. The molecule has 1 saturated heterocycles. The van der Waals surface area contributed by atoms with Gasteiger partial charge in [-0.2, -0.15) is 5.10 Å². The van der Waals surface area contributed by atoms with Gasteiger partial charge in [-0.05, 0) is 43.2 Å². The smallest absolute Gasteiger partial charge is 0.273 e. The zero-order valence-corrected chi connectivity index (χ0v) is 23.7. The van der Waals surface area contributed by atoms with Crippen molar-refractivity contribution in [2.75, 3.05) is 24.1 Å². The number of pyridine rings is 2. The number of fused-ring (bicyclic) bond motifs is 1. The maximum absolute atomic E-state index is 14.4. The highest BCUT2D eigenvalue weighted by Gasteiger charge is 2.31. The molecule has 0 aliphatic carbocycles. The number of nitrogen functional groups attached to an aromatic ring is 1. The fourth-order valence-corrected chi connectivity index (χ4v) is 5.49. The lowest BCUT2D eigenvalue weighted by molar-refractivity contribution is -0.127. The number of alkyl halides is 2. The number of carbonyl (C=O) groups excluding carboxylic acids is 2. The van der Waals surface area contributed by atoms with Gasteiger partial charge in [0.05, 0.1) is 28.2 Å². The van der Waals surface area contributed by atoms with Crippen LogP contribution in [0, 0.1) is 0 Å². The summed E-state index contributed by atoms with van der Waals surface area (Å²) in [6, 6.07) is 8.93. The Balaban J connectivity index is 1.44. The quantitative estimate of drug-likeness (QED) is 0.234. The molecule has 1 aromatic carbocycles. The highest BCUT2D eigenvalue weighted by Crippen LogP contribution is 2.38. The summed E-state index contributed by atoms with van der Waals surface area (Å²) >= 11 is 6.60. The fraction of sp³-hybridized carbons (Fsp3) is 0.300. The highest BCUT2D eigenvalue weighted by molar-refractivity contribution is 6.35. The van der Waals surface area contributed by atoms with Gasteiger partial charge in [-0.3, -0.25) is 14.3 Å². The number of hydrogen-bond acceptors (Lipinski definition) is 6. The molecule has 1 aliphatic heterocycles. The van der Waals surface area contributed by atoms with Gasteiger partial charge in [0.2, 0.25) is 5.91 Å². The van der Waals surface area contributed by atoms with Gasteiger partial charge in [0, 0.05) is 42.4 Å². The molecule has 9 nitrogen and oxygen atoms in total. The summed E-state index contributed by atoms with van der Waals surface area (Å²) < 4.78 is 30.5. The van der Waals surface area contributed by atoms with Crippen LogP contribution in [0.4, 0.5) is 20.4 Å². The number of aromatic nitrogens is 4. The van der Waals surface area contributed by atoms with Crippen LogP contribution in [0.5, 0.6) is 0 Å². The number of hydrogen-bond donors (Lipinski definition) is 2. The van der Waals surface area contributed by atoms with E-state index in [0.29, 0.717) is 52.3 Å². The van der Waals surface area contributed by atoms with Gasteiger partial charge in [0.15, 0.2) is 0 Å². The molecule has 5 rings (SSSR count). The predicted octanol–water partition coefficient (Wildman–Crippen LogP) is 6.22. The number of halogens is 3. The van der Waals surface area contributed by atoms with E-state index >= 15 is 0 Å². The van der Waals surface area contributed by atoms with Crippen molar-refractivity contribution >= 4 is 46.0 Å². The third kappa shape index (κ3) is 5.69. The highest BCUT2D eigenvalue weighted by atomic mass is 35.5. The van der Waals surface area contributed by atoms with Crippen molar-refractivity contribution in [3.05, 3.63) is 77.6 Å². The third-order valence-electron chi connectivity index (χ3n) is 7.35. The molecule has 4 heterocycles. The van der Waals surface area contributed by atoms with Crippen molar-refractivity contribution in [2.45, 2.75) is 44.6 Å². The molecule has 4 aromatic rings. The first-order valence-electron chi connectivity index (χ1n) is 13.6. The lowest BCUT2D eigenvalue weighted by Crippen LogP contribution is -2.40. The van der Waals surface area contributed by atoms with Crippen LogP contribution in [0.2, 0.25) is 5.02 Å². The number of benzene rings is 1. The molecule has 0 saturated carbocycles. The largest absolute Gasteiger partial charge is 0.383 e. The van der Waals surface area contributed by atoms with Crippen molar-refractivity contribution in [1.82, 2.24) is 24.6 Å². The van der Waals surface area contributed by atoms with E-state index in [-0.39, 0.29) is 35.6 Å². The molecule has 42 heavy (non-hydrogen) atoms. The van der Waals surface area contributed by atoms with Crippen molar-refractivity contribution in [2.24, 2.45) is 0 Å². The molecule has 1 fully saturated rings. The minimum atomic E-state index is -3.01. The summed E-state index contributed by atoms with van der Waals surface area (Å²) in [6.45, 7) is 6.36. The van der Waals surface area contributed by atoms with E-state index in [1.807, 2.05) is 0 Å². The first kappa shape index (κ1) is 29.1. The second kappa shape index (κ2) is 11.8. The molecule has 3 N–H and O–H groups in total. The zero-order chi connectivity index (χ0) is 30.0. The number of nitrogens with zero attached hydrogens (tertiary/aromatic N) is 5. The van der Waals surface area contributed by atoms with Crippen molar-refractivity contribution < 1.29 is 18.4 Å². The summed E-state index contributed by atoms with van der Waals surface area (Å²) in [5, 5.41) is 8.42. The first-order chi connectivity index (χ1) is 20.1. The van der Waals surface area contributed by atoms with E-state index in [9.17, 15) is 18.4 Å². The summed E-state index contributed by atoms with van der Waals surface area (Å²) in [4.78, 5) is 35.2. The van der Waals surface area contributed by atoms with Crippen LogP contribution in [0.25, 0.3) is 22.2 Å². The number of likely N-dealkylation sites (tertiary alicyclic amines) is 1. The third-order valence-corrected chi connectivity index (χ3v) is 7.62. The maximum atomic E-state index is 14.4. The lowest BCUT2D eigenvalue weighted by atomic mass is 10.0. The summed E-state index contributed by atoms with van der Waals surface area (Å²) in [5.74, 6) is -3.38. The summed E-state index contributed by atoms with van der Waals surface area (Å²) in [6.07, 6.45) is 5.63. The SMILES string of the molecule is C=CC(=O)N1CCC[C@@H](n2nc(-c3ccc(C(=O)Nc4cc(C(F)(F)CCC)ccn4)cc3)c3c(N)ncc(Cl)c32)C1. The van der Waals surface area contributed by atoms with E-state index in [1.165, 1.54) is 30.6 Å². The van der Waals surface area contributed by atoms with Gasteiger partial charge in [0.1, 0.15) is 17.3 Å². The Morgan fingerprint density at radius 2 is 2.00 bits per heavy atom. The van der Waals surface area contributed by atoms with E-state index < -0.39 is 11.8 Å². The summed E-state index contributed by atoms with van der Waals surface area (Å²) in [5.41, 5.74) is 8.21. The maximum Gasteiger partial charge on any atom is 0.273 e. The molecule has 12 heteroatoms. The number of piperidine rings is 1. The molecule has 1 aliphatic rings. The Kier molecular flexibility index (Phi) is 8.22. The van der Waals surface area contributed by atoms with Crippen LogP contribution >= 0.6 is 11.6 Å². The molecule has 0 unspecified atom stereocenters. The number of nitrogens with one attached hydrogen (secondary N) is 1. The number of anilines is 2. The molecule has 2 amide bonds. The van der Waals surface area contributed by atoms with Gasteiger partial charge in [-0.25, -0.2) is 18.7 Å². The Morgan fingerprint density at radius 3 is 2.71 bits per heavy atom. The zero-order valence-electron chi connectivity index (χ0n) is 23.0. The minimum absolute atomic E-state index is 0.0343. The van der Waals surface area contributed by atoms with Crippen LogP contribution in [-0.4, -0.2) is 49.6 Å². The predicted molar refractivity (Wildman–Crippen MR) is 158 cm³/mol. The van der Waals surface area contributed by atoms with Gasteiger partial charge < -0.3 is 16.0 Å². The van der Waals surface area contributed by atoms with Gasteiger partial charge in [-0.1, -0.05) is 43.7 Å². The standard InChI is InChI=1S/C30H30ClF2N7O2/c1-3-12-30(32,33)20-11-13-35-23(15-20)37-29(42)19-9-7-18(8-10-19)26-25-27(22(31)16-36-28(25)34)40(38-26)21-6-5-14-39(17-21)24(41)4-2/h4,7-11,13,15-16,21H,2-3,5-6,12,14,17H2,1H3,(H2,34,36)(H,35,37,42)/t21-/m1/s1. The number of nitrogens with two attached hydrogens (primary N) is 1. The van der Waals surface area contributed by atoms with Crippen LogP contribution in [0.1, 0.15) is 54.6 Å². The second-order valence-corrected chi connectivity index (χ2v) is 10.6. The van der Waals surface area contributed by atoms with Crippen molar-refractivity contribution in [1.29, 1.82) is 0 Å². The molecule has 1 atom stereocenters. The molecule has 218 valence electrons.